The number of hydrogen-bond acceptors (Lipinski definition) is 1. The smallest absolute Gasteiger partial charge is 0.128 e. The fourth-order valence-electron chi connectivity index (χ4n) is 3.08. The van der Waals surface area contributed by atoms with Gasteiger partial charge in [-0.15, -0.1) is 11.6 Å². The Hall–Kier alpha value is -0.440. The molecule has 2 aromatic rings. The number of benzene rings is 1. The van der Waals surface area contributed by atoms with Crippen LogP contribution in [-0.4, -0.2) is 9.55 Å². The molecular formula is C16H21Cl3N2. The third kappa shape index (κ3) is 2.78. The van der Waals surface area contributed by atoms with Crippen molar-refractivity contribution in [1.82, 2.24) is 9.55 Å². The van der Waals surface area contributed by atoms with Crippen LogP contribution in [0.3, 0.4) is 0 Å². The molecule has 1 heterocycles. The fourth-order valence-corrected chi connectivity index (χ4v) is 3.54. The van der Waals surface area contributed by atoms with E-state index in [2.05, 4.69) is 25.3 Å². The van der Waals surface area contributed by atoms with Crippen molar-refractivity contribution >= 4 is 45.8 Å². The summed E-state index contributed by atoms with van der Waals surface area (Å²) in [6, 6.07) is 3.73. The van der Waals surface area contributed by atoms with Crippen molar-refractivity contribution in [2.75, 3.05) is 0 Å². The van der Waals surface area contributed by atoms with Gasteiger partial charge in [-0.1, -0.05) is 44.0 Å². The van der Waals surface area contributed by atoms with E-state index in [4.69, 9.17) is 39.8 Å². The average molecular weight is 348 g/mol. The van der Waals surface area contributed by atoms with Gasteiger partial charge in [-0.05, 0) is 38.3 Å². The highest BCUT2D eigenvalue weighted by molar-refractivity contribution is 6.42. The van der Waals surface area contributed by atoms with Crippen molar-refractivity contribution in [2.24, 2.45) is 0 Å². The highest BCUT2D eigenvalue weighted by Crippen LogP contribution is 2.39. The summed E-state index contributed by atoms with van der Waals surface area (Å²) < 4.78 is 2.28. The number of halogens is 3. The number of hydrogen-bond donors (Lipinski definition) is 0. The minimum absolute atomic E-state index is 0.00436. The van der Waals surface area contributed by atoms with Gasteiger partial charge >= 0.3 is 0 Å². The molecule has 0 aliphatic carbocycles. The number of nitrogens with zero attached hydrogens (tertiary/aromatic N) is 2. The minimum Gasteiger partial charge on any atom is -0.320 e. The lowest BCUT2D eigenvalue weighted by Crippen LogP contribution is -2.33. The minimum atomic E-state index is -0.168. The maximum atomic E-state index is 6.39. The Morgan fingerprint density at radius 2 is 1.62 bits per heavy atom. The second-order valence-corrected chi connectivity index (χ2v) is 6.93. The first-order chi connectivity index (χ1) is 9.90. The van der Waals surface area contributed by atoms with Crippen molar-refractivity contribution < 1.29 is 0 Å². The Morgan fingerprint density at radius 1 is 1.10 bits per heavy atom. The molecule has 1 unspecified atom stereocenters. The quantitative estimate of drug-likeness (QED) is 0.559. The van der Waals surface area contributed by atoms with E-state index in [-0.39, 0.29) is 10.9 Å². The van der Waals surface area contributed by atoms with Crippen LogP contribution in [0.1, 0.15) is 58.2 Å². The van der Waals surface area contributed by atoms with Gasteiger partial charge in [-0.25, -0.2) is 4.98 Å². The Morgan fingerprint density at radius 3 is 2.10 bits per heavy atom. The number of alkyl halides is 1. The van der Waals surface area contributed by atoms with Gasteiger partial charge < -0.3 is 4.57 Å². The van der Waals surface area contributed by atoms with Crippen LogP contribution in [0.4, 0.5) is 0 Å². The van der Waals surface area contributed by atoms with Crippen molar-refractivity contribution in [3.8, 4) is 0 Å². The van der Waals surface area contributed by atoms with Gasteiger partial charge in [-0.2, -0.15) is 0 Å². The van der Waals surface area contributed by atoms with Gasteiger partial charge in [0.05, 0.1) is 26.5 Å². The van der Waals surface area contributed by atoms with Crippen LogP contribution in [0.5, 0.6) is 0 Å². The van der Waals surface area contributed by atoms with Crippen LogP contribution in [0.15, 0.2) is 12.1 Å². The molecule has 2 nitrogen and oxygen atoms in total. The molecule has 1 atom stereocenters. The van der Waals surface area contributed by atoms with E-state index in [1.54, 1.807) is 0 Å². The summed E-state index contributed by atoms with van der Waals surface area (Å²) in [5, 5.41) is 0.910. The zero-order valence-electron chi connectivity index (χ0n) is 12.9. The topological polar surface area (TPSA) is 17.8 Å². The molecule has 0 spiro atoms. The van der Waals surface area contributed by atoms with Gasteiger partial charge in [0.25, 0.3) is 0 Å². The summed E-state index contributed by atoms with van der Waals surface area (Å²) in [6.45, 7) is 8.57. The average Bonchev–Trinajstić information content (AvgIpc) is 2.82. The van der Waals surface area contributed by atoms with Crippen LogP contribution >= 0.6 is 34.8 Å². The molecule has 2 rings (SSSR count). The molecule has 0 fully saturated rings. The summed E-state index contributed by atoms with van der Waals surface area (Å²) in [7, 11) is 0. The SMILES string of the molecule is CCC(CC)(CC)n1c(C(C)Cl)nc2cc(Cl)c(Cl)cc21. The van der Waals surface area contributed by atoms with Gasteiger partial charge in [0.1, 0.15) is 5.82 Å². The predicted molar refractivity (Wildman–Crippen MR) is 92.9 cm³/mol. The zero-order valence-corrected chi connectivity index (χ0v) is 15.1. The lowest BCUT2D eigenvalue weighted by molar-refractivity contribution is 0.251. The van der Waals surface area contributed by atoms with Crippen LogP contribution in [-0.2, 0) is 5.54 Å². The van der Waals surface area contributed by atoms with E-state index in [1.165, 1.54) is 0 Å². The Kier molecular flexibility index (Phi) is 5.12. The molecular weight excluding hydrogens is 327 g/mol. The lowest BCUT2D eigenvalue weighted by atomic mass is 9.89. The van der Waals surface area contributed by atoms with Gasteiger partial charge in [-0.3, -0.25) is 0 Å². The second kappa shape index (κ2) is 6.36. The highest BCUT2D eigenvalue weighted by Gasteiger charge is 2.32. The Bertz CT molecular complexity index is 634. The maximum Gasteiger partial charge on any atom is 0.128 e. The molecule has 5 heteroatoms. The fraction of sp³-hybridized carbons (Fsp3) is 0.562. The van der Waals surface area contributed by atoms with Crippen molar-refractivity contribution in [3.05, 3.63) is 28.0 Å². The maximum absolute atomic E-state index is 6.39. The molecule has 0 N–H and O–H groups in total. The van der Waals surface area contributed by atoms with Crippen LogP contribution in [0, 0.1) is 0 Å². The molecule has 0 bridgehead atoms. The van der Waals surface area contributed by atoms with Gasteiger partial charge in [0.15, 0.2) is 0 Å². The molecule has 0 aliphatic heterocycles. The van der Waals surface area contributed by atoms with Crippen molar-refractivity contribution in [3.63, 3.8) is 0 Å². The predicted octanol–water partition coefficient (Wildman–Crippen LogP) is 6.57. The standard InChI is InChI=1S/C16H21Cl3N2/c1-5-16(6-2,7-3)21-14-9-12(19)11(18)8-13(14)20-15(21)10(4)17/h8-10H,5-7H2,1-4H3. The summed E-state index contributed by atoms with van der Waals surface area (Å²) in [6.07, 6.45) is 3.05. The van der Waals surface area contributed by atoms with E-state index < -0.39 is 0 Å². The van der Waals surface area contributed by atoms with Gasteiger partial charge in [0.2, 0.25) is 0 Å². The molecule has 0 aliphatic rings. The molecule has 1 aromatic heterocycles. The number of imidazole rings is 1. The normalized spacial score (nSPS) is 13.9. The van der Waals surface area contributed by atoms with E-state index in [0.29, 0.717) is 10.0 Å². The second-order valence-electron chi connectivity index (χ2n) is 5.46. The van der Waals surface area contributed by atoms with E-state index in [1.807, 2.05) is 19.1 Å². The molecule has 116 valence electrons. The molecule has 0 amide bonds. The highest BCUT2D eigenvalue weighted by atomic mass is 35.5. The first-order valence-electron chi connectivity index (χ1n) is 7.42. The van der Waals surface area contributed by atoms with Crippen molar-refractivity contribution in [1.29, 1.82) is 0 Å². The lowest BCUT2D eigenvalue weighted by Gasteiger charge is -2.35. The number of rotatable bonds is 5. The number of fused-ring (bicyclic) bond motifs is 1. The monoisotopic (exact) mass is 346 g/mol. The molecule has 21 heavy (non-hydrogen) atoms. The Balaban J connectivity index is 2.86. The summed E-state index contributed by atoms with van der Waals surface area (Å²) in [5.41, 5.74) is 1.87. The third-order valence-electron chi connectivity index (χ3n) is 4.53. The van der Waals surface area contributed by atoms with Gasteiger partial charge in [0, 0.05) is 5.54 Å². The first kappa shape index (κ1) is 16.9. The largest absolute Gasteiger partial charge is 0.320 e. The van der Waals surface area contributed by atoms with E-state index in [9.17, 15) is 0 Å². The zero-order chi connectivity index (χ0) is 15.8. The van der Waals surface area contributed by atoms with E-state index >= 15 is 0 Å². The summed E-state index contributed by atoms with van der Waals surface area (Å²) in [4.78, 5) is 4.71. The van der Waals surface area contributed by atoms with E-state index in [0.717, 1.165) is 36.1 Å². The van der Waals surface area contributed by atoms with Crippen LogP contribution in [0.2, 0.25) is 10.0 Å². The summed E-state index contributed by atoms with van der Waals surface area (Å²) in [5.74, 6) is 0.885. The summed E-state index contributed by atoms with van der Waals surface area (Å²) >= 11 is 18.7. The molecule has 0 saturated heterocycles. The first-order valence-corrected chi connectivity index (χ1v) is 8.61. The third-order valence-corrected chi connectivity index (χ3v) is 5.44. The molecule has 0 radical (unpaired) electrons. The molecule has 1 aromatic carbocycles. The van der Waals surface area contributed by atoms with Crippen molar-refractivity contribution in [2.45, 2.75) is 57.9 Å². The molecule has 0 saturated carbocycles. The number of aromatic nitrogens is 2. The van der Waals surface area contributed by atoms with Crippen LogP contribution < -0.4 is 0 Å². The van der Waals surface area contributed by atoms with Crippen LogP contribution in [0.25, 0.3) is 11.0 Å². The Labute approximate surface area is 141 Å².